The molecule has 22 aromatic rings. The Balaban J connectivity index is 0.644. The van der Waals surface area contributed by atoms with Crippen LogP contribution in [0.25, 0.3) is 224 Å². The first kappa shape index (κ1) is 68.6. The molecule has 550 valence electrons. The summed E-state index contributed by atoms with van der Waals surface area (Å²) in [5.41, 5.74) is 22.6. The van der Waals surface area contributed by atoms with Crippen molar-refractivity contribution in [1.29, 1.82) is 0 Å². The summed E-state index contributed by atoms with van der Waals surface area (Å²) in [5, 5.41) is 8.47. The predicted octanol–water partition coefficient (Wildman–Crippen LogP) is 25.8. The van der Waals surface area contributed by atoms with E-state index in [0.29, 0.717) is 46.5 Å². The van der Waals surface area contributed by atoms with Crippen LogP contribution < -0.4 is 0 Å². The second kappa shape index (κ2) is 29.1. The van der Waals surface area contributed by atoms with E-state index in [4.69, 9.17) is 49.8 Å². The van der Waals surface area contributed by atoms with Crippen molar-refractivity contribution < 1.29 is 0 Å². The first-order valence-corrected chi connectivity index (χ1v) is 39.4. The average Bonchev–Trinajstić information content (AvgIpc) is 1.43. The number of nitrogens with zero attached hydrogens (tertiary/aromatic N) is 12. The van der Waals surface area contributed by atoms with Crippen molar-refractivity contribution in [3.63, 3.8) is 0 Å². The third kappa shape index (κ3) is 12.2. The topological polar surface area (TPSA) is 139 Å². The Hall–Kier alpha value is -16.2. The Labute approximate surface area is 678 Å². The van der Waals surface area contributed by atoms with Gasteiger partial charge in [-0.05, 0) is 156 Å². The van der Waals surface area contributed by atoms with Crippen LogP contribution in [0, 0.1) is 0 Å². The standard InChI is InChI=1S/C106H66N12/c1-5-28-67(29-6-1)68-51-53-72(54-52-68)101-111-99(70-32-9-3-10-33-70)112-102(114-101)87-59-57-81(75-36-13-15-40-79(75)87)84-62-64-96(86-43-20-18-39-78(84)86)118-98-50-24-22-45-92(98)110-106(118)94-48-27-47-90(108-94)73-55-56-74(69-30-7-2-8-31-69)89(66-73)104-115-100(71-34-11-4-12-35-71)113-103(116-104)88-60-58-82(76-37-14-16-41-80(76)88)83-61-63-95(85-42-19-17-38-77(83)85)117-97-49-23-21-44-91(97)109-105(117)93-46-25-26-65-107-93/h1-66H. The van der Waals surface area contributed by atoms with Crippen molar-refractivity contribution >= 4 is 65.2 Å². The van der Waals surface area contributed by atoms with E-state index in [9.17, 15) is 0 Å². The fraction of sp³-hybridized carbons (Fsp3) is 0. The molecule has 0 aliphatic rings. The van der Waals surface area contributed by atoms with Gasteiger partial charge in [-0.15, -0.1) is 0 Å². The summed E-state index contributed by atoms with van der Waals surface area (Å²) in [6.45, 7) is 0. The van der Waals surface area contributed by atoms with E-state index in [1.165, 1.54) is 0 Å². The SMILES string of the molecule is c1ccc(-c2ccc(-c3nc(-c4ccccc4)nc(-c4ccc(-c5ccc(-n6c(-c7cccc(-c8ccc(-c9ccccc9)c(-c9nc(-c%10ccccc%10)nc(-c%10ccc(-c%11ccc(-n%12c(-c%13ccccn%13)nc%13ccccc%13%12)c%12ccccc%11%12)c%11ccccc%10%11)n9)c8)n7)nc7ccccc76)c6ccccc56)c5ccccc45)n3)cc2)cc1. The lowest BCUT2D eigenvalue weighted by molar-refractivity contribution is 1.08. The van der Waals surface area contributed by atoms with Crippen LogP contribution in [-0.2, 0) is 0 Å². The Bertz CT molecular complexity index is 7660. The number of hydrogen-bond acceptors (Lipinski definition) is 10. The van der Waals surface area contributed by atoms with Gasteiger partial charge < -0.3 is 0 Å². The molecule has 6 aromatic heterocycles. The summed E-state index contributed by atoms with van der Waals surface area (Å²) in [6.07, 6.45) is 1.82. The molecule has 0 fully saturated rings. The molecule has 0 bridgehead atoms. The van der Waals surface area contributed by atoms with Crippen LogP contribution in [0.3, 0.4) is 0 Å². The van der Waals surface area contributed by atoms with Crippen LogP contribution in [0.5, 0.6) is 0 Å². The molecule has 22 rings (SSSR count). The van der Waals surface area contributed by atoms with Gasteiger partial charge in [-0.1, -0.05) is 315 Å². The Kier molecular flexibility index (Phi) is 16.9. The number of aromatic nitrogens is 12. The summed E-state index contributed by atoms with van der Waals surface area (Å²) in [4.78, 5) is 53.1. The first-order valence-electron chi connectivity index (χ1n) is 39.4. The smallest absolute Gasteiger partial charge is 0.164 e. The van der Waals surface area contributed by atoms with Gasteiger partial charge in [0.2, 0.25) is 0 Å². The van der Waals surface area contributed by atoms with Gasteiger partial charge in [0.05, 0.1) is 39.1 Å². The van der Waals surface area contributed by atoms with Crippen molar-refractivity contribution in [1.82, 2.24) is 59.0 Å². The van der Waals surface area contributed by atoms with Gasteiger partial charge in [0.25, 0.3) is 0 Å². The van der Waals surface area contributed by atoms with Gasteiger partial charge in [0, 0.05) is 55.9 Å². The van der Waals surface area contributed by atoms with E-state index in [1.54, 1.807) is 0 Å². The van der Waals surface area contributed by atoms with Crippen molar-refractivity contribution in [2.45, 2.75) is 0 Å². The molecule has 0 amide bonds. The maximum Gasteiger partial charge on any atom is 0.164 e. The fourth-order valence-electron chi connectivity index (χ4n) is 16.9. The molecule has 6 heterocycles. The zero-order chi connectivity index (χ0) is 78.0. The summed E-state index contributed by atoms with van der Waals surface area (Å²) >= 11 is 0. The Morgan fingerprint density at radius 1 is 0.169 bits per heavy atom. The van der Waals surface area contributed by atoms with Gasteiger partial charge >= 0.3 is 0 Å². The van der Waals surface area contributed by atoms with Gasteiger partial charge in [-0.3, -0.25) is 14.1 Å². The number of imidazole rings is 2. The molecule has 0 unspecified atom stereocenters. The molecular formula is C106H66N12. The second-order valence-electron chi connectivity index (χ2n) is 29.3. The van der Waals surface area contributed by atoms with Gasteiger partial charge in [-0.2, -0.15) is 0 Å². The van der Waals surface area contributed by atoms with Crippen LogP contribution in [0.2, 0.25) is 0 Å². The number of fused-ring (bicyclic) bond motifs is 6. The molecule has 118 heavy (non-hydrogen) atoms. The van der Waals surface area contributed by atoms with E-state index >= 15 is 0 Å². The molecule has 0 radical (unpaired) electrons. The highest BCUT2D eigenvalue weighted by Crippen LogP contribution is 2.46. The van der Waals surface area contributed by atoms with Crippen LogP contribution in [0.1, 0.15) is 0 Å². The average molecular weight is 1510 g/mol. The van der Waals surface area contributed by atoms with Crippen LogP contribution in [0.4, 0.5) is 0 Å². The fourth-order valence-corrected chi connectivity index (χ4v) is 16.9. The van der Waals surface area contributed by atoms with E-state index in [2.05, 4.69) is 312 Å². The molecule has 0 spiro atoms. The van der Waals surface area contributed by atoms with Gasteiger partial charge in [0.15, 0.2) is 46.6 Å². The minimum atomic E-state index is 0.518. The van der Waals surface area contributed by atoms with Crippen molar-refractivity contribution in [3.8, 4) is 159 Å². The highest BCUT2D eigenvalue weighted by atomic mass is 15.1. The number of benzene rings is 16. The number of pyridine rings is 2. The highest BCUT2D eigenvalue weighted by molar-refractivity contribution is 6.13. The predicted molar refractivity (Wildman–Crippen MR) is 479 cm³/mol. The minimum absolute atomic E-state index is 0.518. The van der Waals surface area contributed by atoms with Crippen LogP contribution in [0.15, 0.2) is 401 Å². The monoisotopic (exact) mass is 1510 g/mol. The number of rotatable bonds is 15. The molecule has 16 aromatic carbocycles. The third-order valence-electron chi connectivity index (χ3n) is 22.4. The second-order valence-corrected chi connectivity index (χ2v) is 29.3. The summed E-state index contributed by atoms with van der Waals surface area (Å²) in [7, 11) is 0. The van der Waals surface area contributed by atoms with E-state index in [1.807, 2.05) is 97.2 Å². The highest BCUT2D eigenvalue weighted by Gasteiger charge is 2.26. The van der Waals surface area contributed by atoms with E-state index in [0.717, 1.165) is 177 Å². The lowest BCUT2D eigenvalue weighted by Gasteiger charge is -2.18. The molecule has 0 saturated heterocycles. The molecule has 0 saturated carbocycles. The van der Waals surface area contributed by atoms with E-state index < -0.39 is 0 Å². The van der Waals surface area contributed by atoms with Crippen LogP contribution >= 0.6 is 0 Å². The molecule has 0 aliphatic heterocycles. The molecule has 0 N–H and O–H groups in total. The summed E-state index contributed by atoms with van der Waals surface area (Å²) in [5.74, 6) is 4.88. The largest absolute Gasteiger partial charge is 0.290 e. The third-order valence-corrected chi connectivity index (χ3v) is 22.4. The molecule has 12 heteroatoms. The maximum absolute atomic E-state index is 5.61. The first-order chi connectivity index (χ1) is 58.5. The van der Waals surface area contributed by atoms with Gasteiger partial charge in [-0.25, -0.2) is 44.9 Å². The Morgan fingerprint density at radius 2 is 0.492 bits per heavy atom. The normalized spacial score (nSPS) is 11.6. The van der Waals surface area contributed by atoms with Gasteiger partial charge in [0.1, 0.15) is 11.4 Å². The number of para-hydroxylation sites is 4. The summed E-state index contributed by atoms with van der Waals surface area (Å²) in [6, 6.07) is 137. The molecule has 0 aliphatic carbocycles. The van der Waals surface area contributed by atoms with E-state index in [-0.39, 0.29) is 0 Å². The molecular weight excluding hydrogens is 1440 g/mol. The summed E-state index contributed by atoms with van der Waals surface area (Å²) < 4.78 is 4.51. The number of hydrogen-bond donors (Lipinski definition) is 0. The van der Waals surface area contributed by atoms with Crippen LogP contribution in [-0.4, -0.2) is 59.0 Å². The minimum Gasteiger partial charge on any atom is -0.290 e. The zero-order valence-corrected chi connectivity index (χ0v) is 63.5. The lowest BCUT2D eigenvalue weighted by atomic mass is 9.91. The molecule has 12 nitrogen and oxygen atoms in total. The van der Waals surface area contributed by atoms with Crippen molar-refractivity contribution in [2.75, 3.05) is 0 Å². The molecule has 0 atom stereocenters. The maximum atomic E-state index is 5.61. The van der Waals surface area contributed by atoms with Crippen molar-refractivity contribution in [2.24, 2.45) is 0 Å². The lowest BCUT2D eigenvalue weighted by Crippen LogP contribution is -2.02. The van der Waals surface area contributed by atoms with Crippen molar-refractivity contribution in [3.05, 3.63) is 401 Å². The zero-order valence-electron chi connectivity index (χ0n) is 63.5. The Morgan fingerprint density at radius 3 is 0.983 bits per heavy atom. The quantitative estimate of drug-likeness (QED) is 0.0975.